The zero-order valence-electron chi connectivity index (χ0n) is 23.3. The Morgan fingerprint density at radius 1 is 0.976 bits per heavy atom. The molecule has 216 valence electrons. The fraction of sp³-hybridized carbons (Fsp3) is 0.452. The van der Waals surface area contributed by atoms with Crippen molar-refractivity contribution in [2.75, 3.05) is 13.7 Å². The predicted molar refractivity (Wildman–Crippen MR) is 148 cm³/mol. The first-order chi connectivity index (χ1) is 19.5. The van der Waals surface area contributed by atoms with Crippen molar-refractivity contribution < 1.29 is 32.3 Å². The van der Waals surface area contributed by atoms with Gasteiger partial charge in [0.25, 0.3) is 5.91 Å². The molecule has 41 heavy (non-hydrogen) atoms. The summed E-state index contributed by atoms with van der Waals surface area (Å²) in [6.45, 7) is 4.69. The normalized spacial score (nSPS) is 18.4. The van der Waals surface area contributed by atoms with Gasteiger partial charge in [0.05, 0.1) is 19.8 Å². The highest BCUT2D eigenvalue weighted by atomic mass is 19.3. The van der Waals surface area contributed by atoms with Crippen LogP contribution < -0.4 is 20.1 Å². The van der Waals surface area contributed by atoms with Crippen molar-refractivity contribution in [3.63, 3.8) is 0 Å². The first-order valence-corrected chi connectivity index (χ1v) is 13.8. The van der Waals surface area contributed by atoms with Gasteiger partial charge in [-0.2, -0.15) is 5.26 Å². The van der Waals surface area contributed by atoms with E-state index in [4.69, 9.17) is 13.9 Å². The summed E-state index contributed by atoms with van der Waals surface area (Å²) in [5.41, 5.74) is -0.434. The van der Waals surface area contributed by atoms with E-state index >= 15 is 0 Å². The molecule has 8 nitrogen and oxygen atoms in total. The lowest BCUT2D eigenvalue weighted by Crippen LogP contribution is -2.62. The molecule has 2 aliphatic rings. The van der Waals surface area contributed by atoms with E-state index in [2.05, 4.69) is 30.6 Å². The van der Waals surface area contributed by atoms with E-state index in [1.807, 2.05) is 30.3 Å². The van der Waals surface area contributed by atoms with E-state index in [1.54, 1.807) is 19.2 Å². The van der Waals surface area contributed by atoms with Gasteiger partial charge >= 0.3 is 0 Å². The first-order valence-electron chi connectivity index (χ1n) is 13.8. The van der Waals surface area contributed by atoms with Gasteiger partial charge in [-0.3, -0.25) is 9.59 Å². The molecule has 2 aromatic carbocycles. The maximum atomic E-state index is 14.0. The minimum absolute atomic E-state index is 0.0434. The molecule has 2 fully saturated rings. The lowest BCUT2D eigenvalue weighted by molar-refractivity contribution is -0.133. The summed E-state index contributed by atoms with van der Waals surface area (Å²) in [5.74, 6) is -2.66. The van der Waals surface area contributed by atoms with Crippen LogP contribution in [0.5, 0.6) is 11.5 Å². The van der Waals surface area contributed by atoms with Crippen LogP contribution in [0.25, 0.3) is 22.1 Å². The standard InChI is InChI=1S/C31H33F2N3O5/c1-19(2)17-40-23-7-6-21(15-25(23)39-3)20-4-5-22-16-26(41-24(22)14-20)27(37)35-30(10-12-31(32,33)13-11-30)28(38)36-29(18-34)8-9-29/h4-7,14-16,19H,8-13,17H2,1-3H3,(H,35,37)(H,36,38). The van der Waals surface area contributed by atoms with Gasteiger partial charge in [0.2, 0.25) is 11.8 Å². The third-order valence-corrected chi connectivity index (χ3v) is 7.75. The summed E-state index contributed by atoms with van der Waals surface area (Å²) in [5, 5.41) is 15.4. The molecule has 0 atom stereocenters. The van der Waals surface area contributed by atoms with E-state index in [-0.39, 0.29) is 18.6 Å². The Hall–Kier alpha value is -4.13. The number of alkyl halides is 2. The second kappa shape index (κ2) is 10.7. The molecular formula is C31H33F2N3O5. The number of furan rings is 1. The number of nitrogens with one attached hydrogen (secondary N) is 2. The summed E-state index contributed by atoms with van der Waals surface area (Å²) < 4.78 is 45.3. The van der Waals surface area contributed by atoms with E-state index in [9.17, 15) is 23.6 Å². The van der Waals surface area contributed by atoms with Crippen molar-refractivity contribution in [2.24, 2.45) is 5.92 Å². The fourth-order valence-electron chi connectivity index (χ4n) is 5.00. The second-order valence-electron chi connectivity index (χ2n) is 11.5. The molecule has 2 N–H and O–H groups in total. The Morgan fingerprint density at radius 3 is 2.29 bits per heavy atom. The monoisotopic (exact) mass is 565 g/mol. The number of methoxy groups -OCH3 is 1. The molecule has 1 aromatic heterocycles. The van der Waals surface area contributed by atoms with Gasteiger partial charge in [-0.25, -0.2) is 8.78 Å². The number of nitrogens with zero attached hydrogens (tertiary/aromatic N) is 1. The molecule has 10 heteroatoms. The molecule has 2 aliphatic carbocycles. The van der Waals surface area contributed by atoms with Crippen LogP contribution in [0.15, 0.2) is 46.9 Å². The molecule has 0 aliphatic heterocycles. The first kappa shape index (κ1) is 28.4. The van der Waals surface area contributed by atoms with E-state index < -0.39 is 41.7 Å². The van der Waals surface area contributed by atoms with E-state index in [1.165, 1.54) is 0 Å². The molecule has 0 unspecified atom stereocenters. The Kier molecular flexibility index (Phi) is 7.41. The van der Waals surface area contributed by atoms with E-state index in [0.717, 1.165) is 11.1 Å². The molecule has 3 aromatic rings. The minimum Gasteiger partial charge on any atom is -0.493 e. The quantitative estimate of drug-likeness (QED) is 0.329. The Balaban J connectivity index is 1.37. The van der Waals surface area contributed by atoms with Crippen molar-refractivity contribution in [3.8, 4) is 28.7 Å². The van der Waals surface area contributed by atoms with Crippen LogP contribution in [0.1, 0.15) is 62.9 Å². The molecule has 0 spiro atoms. The van der Waals surface area contributed by atoms with Gasteiger partial charge in [0.15, 0.2) is 17.3 Å². The Bertz CT molecular complexity index is 1510. The summed E-state index contributed by atoms with van der Waals surface area (Å²) in [6, 6.07) is 14.7. The molecule has 2 amide bonds. The smallest absolute Gasteiger partial charge is 0.287 e. The zero-order valence-corrected chi connectivity index (χ0v) is 23.3. The topological polar surface area (TPSA) is 114 Å². The van der Waals surface area contributed by atoms with Crippen molar-refractivity contribution in [2.45, 2.75) is 69.4 Å². The number of halogens is 2. The average molecular weight is 566 g/mol. The average Bonchev–Trinajstić information content (AvgIpc) is 3.59. The zero-order chi connectivity index (χ0) is 29.4. The number of benzene rings is 2. The molecule has 1 heterocycles. The van der Waals surface area contributed by atoms with Crippen molar-refractivity contribution in [1.82, 2.24) is 10.6 Å². The number of amides is 2. The van der Waals surface area contributed by atoms with Crippen molar-refractivity contribution >= 4 is 22.8 Å². The Labute approximate surface area is 237 Å². The van der Waals surface area contributed by atoms with Gasteiger partial charge in [0, 0.05) is 18.2 Å². The van der Waals surface area contributed by atoms with Crippen molar-refractivity contribution in [3.05, 3.63) is 48.2 Å². The van der Waals surface area contributed by atoms with Crippen LogP contribution in [-0.4, -0.2) is 42.5 Å². The van der Waals surface area contributed by atoms with Crippen LogP contribution in [0.3, 0.4) is 0 Å². The lowest BCUT2D eigenvalue weighted by atomic mass is 9.78. The van der Waals surface area contributed by atoms with Crippen LogP contribution in [0.2, 0.25) is 0 Å². The number of hydrogen-bond donors (Lipinski definition) is 2. The van der Waals surface area contributed by atoms with Gasteiger partial charge in [-0.05, 0) is 67.0 Å². The molecule has 0 bridgehead atoms. The van der Waals surface area contributed by atoms with Gasteiger partial charge in [-0.15, -0.1) is 0 Å². The largest absolute Gasteiger partial charge is 0.493 e. The molecular weight excluding hydrogens is 532 g/mol. The SMILES string of the molecule is COc1cc(-c2ccc3cc(C(=O)NC4(C(=O)NC5(C#N)CC5)CCC(F)(F)CC4)oc3c2)ccc1OCC(C)C. The van der Waals surface area contributed by atoms with Crippen LogP contribution in [0.4, 0.5) is 8.78 Å². The third kappa shape index (κ3) is 5.99. The van der Waals surface area contributed by atoms with Crippen LogP contribution in [-0.2, 0) is 4.79 Å². The van der Waals surface area contributed by atoms with Crippen LogP contribution >= 0.6 is 0 Å². The summed E-state index contributed by atoms with van der Waals surface area (Å²) >= 11 is 0. The fourth-order valence-corrected chi connectivity index (χ4v) is 5.00. The van der Waals surface area contributed by atoms with Crippen molar-refractivity contribution in [1.29, 1.82) is 5.26 Å². The molecule has 0 saturated heterocycles. The molecule has 5 rings (SSSR count). The highest BCUT2D eigenvalue weighted by molar-refractivity contribution is 6.01. The predicted octanol–water partition coefficient (Wildman–Crippen LogP) is 5.99. The number of rotatable bonds is 9. The number of carbonyl (C=O) groups is 2. The Morgan fingerprint density at radius 2 is 1.66 bits per heavy atom. The number of nitriles is 1. The highest BCUT2D eigenvalue weighted by Crippen LogP contribution is 2.41. The maximum absolute atomic E-state index is 14.0. The molecule has 0 radical (unpaired) electrons. The van der Waals surface area contributed by atoms with Gasteiger partial charge in [0.1, 0.15) is 16.7 Å². The number of hydrogen-bond acceptors (Lipinski definition) is 6. The van der Waals surface area contributed by atoms with Crippen LogP contribution in [0, 0.1) is 17.2 Å². The number of ether oxygens (including phenoxy) is 2. The summed E-state index contributed by atoms with van der Waals surface area (Å²) in [4.78, 5) is 26.6. The highest BCUT2D eigenvalue weighted by Gasteiger charge is 2.53. The summed E-state index contributed by atoms with van der Waals surface area (Å²) in [6.07, 6.45) is -0.616. The second-order valence-corrected chi connectivity index (χ2v) is 11.5. The lowest BCUT2D eigenvalue weighted by Gasteiger charge is -2.39. The minimum atomic E-state index is -2.92. The number of fused-ring (bicyclic) bond motifs is 1. The molecule has 2 saturated carbocycles. The third-order valence-electron chi connectivity index (χ3n) is 7.75. The van der Waals surface area contributed by atoms with Gasteiger partial charge in [-0.1, -0.05) is 32.0 Å². The van der Waals surface area contributed by atoms with E-state index in [0.29, 0.717) is 47.8 Å². The number of carbonyl (C=O) groups excluding carboxylic acids is 2. The maximum Gasteiger partial charge on any atom is 0.287 e. The summed E-state index contributed by atoms with van der Waals surface area (Å²) in [7, 11) is 1.58. The van der Waals surface area contributed by atoms with Gasteiger partial charge < -0.3 is 24.5 Å².